The molecule has 0 spiro atoms. The maximum Gasteiger partial charge on any atom is 0.408 e. The van der Waals surface area contributed by atoms with Crippen LogP contribution in [-0.4, -0.2) is 43.1 Å². The predicted octanol–water partition coefficient (Wildman–Crippen LogP) is 3.03. The van der Waals surface area contributed by atoms with Crippen molar-refractivity contribution in [1.82, 2.24) is 24.3 Å². The van der Waals surface area contributed by atoms with E-state index >= 15 is 0 Å². The van der Waals surface area contributed by atoms with E-state index in [2.05, 4.69) is 43.7 Å². The number of nitrogens with one attached hydrogen (secondary N) is 1. The molecule has 4 rings (SSSR count). The molecular weight excluding hydrogens is 359 g/mol. The number of anilines is 2. The van der Waals surface area contributed by atoms with Crippen molar-refractivity contribution < 1.29 is 13.2 Å². The Hall–Kier alpha value is -2.78. The van der Waals surface area contributed by atoms with E-state index in [1.54, 1.807) is 0 Å². The van der Waals surface area contributed by atoms with Gasteiger partial charge in [0.15, 0.2) is 5.82 Å². The third kappa shape index (κ3) is 3.31. The van der Waals surface area contributed by atoms with Crippen molar-refractivity contribution in [1.29, 1.82) is 0 Å². The lowest BCUT2D eigenvalue weighted by atomic mass is 10.0. The van der Waals surface area contributed by atoms with E-state index in [0.717, 1.165) is 28.1 Å². The van der Waals surface area contributed by atoms with E-state index in [1.807, 2.05) is 19.3 Å². The van der Waals surface area contributed by atoms with E-state index in [4.69, 9.17) is 0 Å². The number of rotatable bonds is 4. The van der Waals surface area contributed by atoms with Gasteiger partial charge in [0.05, 0.1) is 17.3 Å². The summed E-state index contributed by atoms with van der Waals surface area (Å²) < 4.78 is 40.3. The zero-order chi connectivity index (χ0) is 19.4. The van der Waals surface area contributed by atoms with Gasteiger partial charge >= 0.3 is 6.18 Å². The second kappa shape index (κ2) is 5.86. The van der Waals surface area contributed by atoms with Gasteiger partial charge in [-0.05, 0) is 19.9 Å². The molecule has 3 aromatic rings. The van der Waals surface area contributed by atoms with Gasteiger partial charge in [0.2, 0.25) is 5.95 Å². The zero-order valence-corrected chi connectivity index (χ0v) is 15.2. The van der Waals surface area contributed by atoms with Crippen LogP contribution in [0.4, 0.5) is 24.9 Å². The molecule has 0 amide bonds. The summed E-state index contributed by atoms with van der Waals surface area (Å²) in [6.45, 7) is 4.32. The molecule has 0 aliphatic carbocycles. The van der Waals surface area contributed by atoms with Crippen LogP contribution in [0.1, 0.15) is 19.4 Å². The molecule has 7 nitrogen and oxygen atoms in total. The molecule has 144 valence electrons. The quantitative estimate of drug-likeness (QED) is 0.755. The molecule has 3 aromatic heterocycles. The first-order chi connectivity index (χ1) is 12.6. The van der Waals surface area contributed by atoms with Gasteiger partial charge in [0.1, 0.15) is 12.1 Å². The van der Waals surface area contributed by atoms with E-state index < -0.39 is 12.7 Å². The highest BCUT2D eigenvalue weighted by Crippen LogP contribution is 2.35. The molecule has 0 saturated heterocycles. The van der Waals surface area contributed by atoms with Crippen LogP contribution in [0.25, 0.3) is 11.0 Å². The molecule has 10 heteroatoms. The summed E-state index contributed by atoms with van der Waals surface area (Å²) in [5.41, 5.74) is 2.35. The number of aromatic nitrogens is 5. The summed E-state index contributed by atoms with van der Waals surface area (Å²) in [5.74, 6) is 1.26. The maximum atomic E-state index is 12.4. The monoisotopic (exact) mass is 379 g/mol. The van der Waals surface area contributed by atoms with Gasteiger partial charge < -0.3 is 14.8 Å². The first-order valence-corrected chi connectivity index (χ1v) is 8.55. The molecule has 0 bridgehead atoms. The molecule has 1 aliphatic heterocycles. The number of hydrogen-bond acceptors (Lipinski definition) is 5. The first kappa shape index (κ1) is 17.6. The minimum atomic E-state index is -4.29. The molecule has 1 N–H and O–H groups in total. The summed E-state index contributed by atoms with van der Waals surface area (Å²) in [7, 11) is 2.00. The zero-order valence-electron chi connectivity index (χ0n) is 15.2. The third-order valence-electron chi connectivity index (χ3n) is 4.85. The van der Waals surface area contributed by atoms with Crippen molar-refractivity contribution >= 4 is 22.8 Å². The van der Waals surface area contributed by atoms with Gasteiger partial charge in [-0.3, -0.25) is 4.68 Å². The highest BCUT2D eigenvalue weighted by atomic mass is 19.4. The van der Waals surface area contributed by atoms with E-state index in [9.17, 15) is 13.2 Å². The Labute approximate surface area is 153 Å². The molecule has 0 aromatic carbocycles. The fraction of sp³-hybridized carbons (Fsp3) is 0.471. The summed E-state index contributed by atoms with van der Waals surface area (Å²) in [6, 6.07) is 1.95. The molecule has 27 heavy (non-hydrogen) atoms. The van der Waals surface area contributed by atoms with Gasteiger partial charge in [-0.1, -0.05) is 0 Å². The van der Waals surface area contributed by atoms with Crippen LogP contribution < -0.4 is 10.2 Å². The van der Waals surface area contributed by atoms with Crippen LogP contribution in [-0.2, 0) is 19.6 Å². The first-order valence-electron chi connectivity index (χ1n) is 8.55. The van der Waals surface area contributed by atoms with Crippen LogP contribution >= 0.6 is 0 Å². The number of alkyl halides is 3. The van der Waals surface area contributed by atoms with Crippen LogP contribution in [0.15, 0.2) is 24.7 Å². The molecule has 0 unspecified atom stereocenters. The third-order valence-corrected chi connectivity index (χ3v) is 4.85. The fourth-order valence-corrected chi connectivity index (χ4v) is 3.29. The van der Waals surface area contributed by atoms with Gasteiger partial charge in [0, 0.05) is 38.1 Å². The van der Waals surface area contributed by atoms with Crippen LogP contribution in [0.5, 0.6) is 0 Å². The van der Waals surface area contributed by atoms with Crippen LogP contribution in [0.3, 0.4) is 0 Å². The lowest BCUT2D eigenvalue weighted by Gasteiger charge is -2.41. The minimum Gasteiger partial charge on any atom is -0.351 e. The Morgan fingerprint density at radius 1 is 1.26 bits per heavy atom. The topological polar surface area (TPSA) is 63.8 Å². The smallest absolute Gasteiger partial charge is 0.351 e. The fourth-order valence-electron chi connectivity index (χ4n) is 3.29. The summed E-state index contributed by atoms with van der Waals surface area (Å²) >= 11 is 0. The molecule has 0 atom stereocenters. The second-order valence-electron chi connectivity index (χ2n) is 7.43. The number of likely N-dealkylation sites (N-methyl/N-ethyl adjacent to an activating group) is 1. The van der Waals surface area contributed by atoms with E-state index in [1.165, 1.54) is 12.4 Å². The van der Waals surface area contributed by atoms with Crippen LogP contribution in [0, 0.1) is 0 Å². The van der Waals surface area contributed by atoms with Gasteiger partial charge in [-0.15, -0.1) is 0 Å². The van der Waals surface area contributed by atoms with Gasteiger partial charge in [0.25, 0.3) is 0 Å². The Balaban J connectivity index is 1.56. The van der Waals surface area contributed by atoms with Crippen molar-refractivity contribution in [2.24, 2.45) is 0 Å². The Bertz CT molecular complexity index is 986. The highest BCUT2D eigenvalue weighted by molar-refractivity contribution is 5.89. The molecule has 1 aliphatic rings. The summed E-state index contributed by atoms with van der Waals surface area (Å²) in [4.78, 5) is 11.3. The molecule has 0 saturated carbocycles. The minimum absolute atomic E-state index is 0.0939. The normalized spacial score (nSPS) is 16.1. The second-order valence-corrected chi connectivity index (χ2v) is 7.43. The SMILES string of the molecule is CN1c2nc(NCc3cnn(CC(F)(F)F)c3)nc3ccn(c23)CC1(C)C. The Kier molecular flexibility index (Phi) is 3.83. The average Bonchev–Trinajstić information content (AvgIpc) is 3.16. The van der Waals surface area contributed by atoms with Crippen molar-refractivity contribution in [3.8, 4) is 0 Å². The largest absolute Gasteiger partial charge is 0.408 e. The Morgan fingerprint density at radius 2 is 2.04 bits per heavy atom. The molecule has 4 heterocycles. The number of hydrogen-bond donors (Lipinski definition) is 1. The summed E-state index contributed by atoms with van der Waals surface area (Å²) in [6.07, 6.45) is 0.488. The Morgan fingerprint density at radius 3 is 2.78 bits per heavy atom. The van der Waals surface area contributed by atoms with Crippen LogP contribution in [0.2, 0.25) is 0 Å². The van der Waals surface area contributed by atoms with Gasteiger partial charge in [-0.2, -0.15) is 23.3 Å². The van der Waals surface area contributed by atoms with Crippen molar-refractivity contribution in [2.45, 2.75) is 45.2 Å². The lowest BCUT2D eigenvalue weighted by Crippen LogP contribution is -2.47. The number of nitrogens with zero attached hydrogens (tertiary/aromatic N) is 6. The van der Waals surface area contributed by atoms with E-state index in [0.29, 0.717) is 11.5 Å². The average molecular weight is 379 g/mol. The van der Waals surface area contributed by atoms with Gasteiger partial charge in [-0.25, -0.2) is 4.98 Å². The molecule has 0 radical (unpaired) electrons. The highest BCUT2D eigenvalue weighted by Gasteiger charge is 2.33. The molecule has 0 fully saturated rings. The lowest BCUT2D eigenvalue weighted by molar-refractivity contribution is -0.142. The molecular formula is C17H20F3N7. The van der Waals surface area contributed by atoms with Crippen molar-refractivity contribution in [3.05, 3.63) is 30.2 Å². The van der Waals surface area contributed by atoms with Crippen molar-refractivity contribution in [2.75, 3.05) is 17.3 Å². The number of halogens is 3. The van der Waals surface area contributed by atoms with E-state index in [-0.39, 0.29) is 12.1 Å². The maximum absolute atomic E-state index is 12.4. The summed E-state index contributed by atoms with van der Waals surface area (Å²) in [5, 5.41) is 6.84. The standard InChI is InChI=1S/C17H20F3N7/c1-16(2)9-26-5-4-12-13(26)14(25(16)3)24-15(23-12)21-6-11-7-22-27(8-11)10-17(18,19)20/h4-5,7-8H,6,9-10H2,1-3H3,(H,21,23,24). The van der Waals surface area contributed by atoms with Crippen molar-refractivity contribution in [3.63, 3.8) is 0 Å². The predicted molar refractivity (Wildman–Crippen MR) is 95.6 cm³/mol.